The van der Waals surface area contributed by atoms with Crippen LogP contribution in [-0.4, -0.2) is 15.9 Å². The van der Waals surface area contributed by atoms with Crippen LogP contribution >= 0.6 is 11.3 Å². The lowest BCUT2D eigenvalue weighted by atomic mass is 10.1. The third kappa shape index (κ3) is 5.04. The van der Waals surface area contributed by atoms with Crippen LogP contribution in [0.5, 0.6) is 5.75 Å². The van der Waals surface area contributed by atoms with E-state index in [1.165, 1.54) is 6.08 Å². The van der Waals surface area contributed by atoms with E-state index in [-0.39, 0.29) is 5.91 Å². The van der Waals surface area contributed by atoms with Crippen LogP contribution < -0.4 is 10.1 Å². The largest absolute Gasteiger partial charge is 0.487 e. The zero-order valence-corrected chi connectivity index (χ0v) is 17.3. The Kier molecular flexibility index (Phi) is 6.21. The number of nitrogens with one attached hydrogen (secondary N) is 1. The first-order chi connectivity index (χ1) is 13.4. The second-order valence-corrected chi connectivity index (χ2v) is 7.61. The van der Waals surface area contributed by atoms with Gasteiger partial charge in [-0.3, -0.25) is 9.78 Å². The van der Waals surface area contributed by atoms with Crippen molar-refractivity contribution in [3.63, 3.8) is 0 Å². The number of aryl methyl sites for hydroxylation is 4. The third-order valence-electron chi connectivity index (χ3n) is 4.15. The van der Waals surface area contributed by atoms with Crippen LogP contribution in [0.25, 0.3) is 6.08 Å². The Hall–Kier alpha value is -2.99. The van der Waals surface area contributed by atoms with Gasteiger partial charge in [-0.2, -0.15) is 0 Å². The summed E-state index contributed by atoms with van der Waals surface area (Å²) in [7, 11) is 0. The van der Waals surface area contributed by atoms with Crippen molar-refractivity contribution in [2.75, 3.05) is 5.32 Å². The van der Waals surface area contributed by atoms with Gasteiger partial charge in [0.15, 0.2) is 0 Å². The van der Waals surface area contributed by atoms with Gasteiger partial charge < -0.3 is 10.1 Å². The number of amides is 1. The highest BCUT2D eigenvalue weighted by Crippen LogP contribution is 2.22. The summed E-state index contributed by atoms with van der Waals surface area (Å²) in [5.74, 6) is 0.503. The number of hydrogen-bond donors (Lipinski definition) is 1. The van der Waals surface area contributed by atoms with Crippen molar-refractivity contribution in [2.24, 2.45) is 0 Å². The second-order valence-electron chi connectivity index (χ2n) is 6.55. The minimum Gasteiger partial charge on any atom is -0.487 e. The number of hydrogen-bond acceptors (Lipinski definition) is 5. The third-order valence-corrected chi connectivity index (χ3v) is 4.97. The summed E-state index contributed by atoms with van der Waals surface area (Å²) < 4.78 is 5.89. The molecule has 5 nitrogen and oxygen atoms in total. The average molecular weight is 394 g/mol. The van der Waals surface area contributed by atoms with Crippen molar-refractivity contribution < 1.29 is 9.53 Å². The molecule has 0 aliphatic carbocycles. The van der Waals surface area contributed by atoms with Gasteiger partial charge in [0.25, 0.3) is 0 Å². The number of rotatable bonds is 6. The number of carbonyl (C=O) groups is 1. The number of nitrogens with zero attached hydrogens (tertiary/aromatic N) is 2. The van der Waals surface area contributed by atoms with Gasteiger partial charge in [-0.15, -0.1) is 11.3 Å². The summed E-state index contributed by atoms with van der Waals surface area (Å²) in [5.41, 5.74) is 5.22. The van der Waals surface area contributed by atoms with Crippen LogP contribution in [0.2, 0.25) is 0 Å². The fourth-order valence-corrected chi connectivity index (χ4v) is 3.52. The lowest BCUT2D eigenvalue weighted by Crippen LogP contribution is -2.11. The van der Waals surface area contributed by atoms with Crippen molar-refractivity contribution in [3.8, 4) is 5.75 Å². The SMILES string of the molecule is Cc1cc(C)c(NC(=O)/C=C/c2ccccc2OCc2csc(C)n2)c(C)n1. The molecule has 0 spiro atoms. The van der Waals surface area contributed by atoms with Crippen molar-refractivity contribution in [3.05, 3.63) is 75.0 Å². The summed E-state index contributed by atoms with van der Waals surface area (Å²) in [6.45, 7) is 8.16. The topological polar surface area (TPSA) is 64.1 Å². The number of anilines is 1. The summed E-state index contributed by atoms with van der Waals surface area (Å²) >= 11 is 1.60. The highest BCUT2D eigenvalue weighted by atomic mass is 32.1. The monoisotopic (exact) mass is 393 g/mol. The predicted molar refractivity (Wildman–Crippen MR) is 114 cm³/mol. The van der Waals surface area contributed by atoms with E-state index in [1.54, 1.807) is 17.4 Å². The summed E-state index contributed by atoms with van der Waals surface area (Å²) in [5, 5.41) is 5.92. The molecule has 3 rings (SSSR count). The van der Waals surface area contributed by atoms with Crippen LogP contribution in [0.1, 0.15) is 33.2 Å². The maximum atomic E-state index is 12.4. The Labute approximate surface area is 169 Å². The van der Waals surface area contributed by atoms with Gasteiger partial charge in [-0.05, 0) is 51.5 Å². The fraction of sp³-hybridized carbons (Fsp3) is 0.227. The first-order valence-corrected chi connectivity index (χ1v) is 9.87. The van der Waals surface area contributed by atoms with Crippen LogP contribution in [0.3, 0.4) is 0 Å². The molecule has 28 heavy (non-hydrogen) atoms. The Morgan fingerprint density at radius 3 is 2.68 bits per heavy atom. The molecule has 6 heteroatoms. The van der Waals surface area contributed by atoms with Gasteiger partial charge >= 0.3 is 0 Å². The van der Waals surface area contributed by atoms with E-state index in [1.807, 2.05) is 63.4 Å². The number of ether oxygens (including phenoxy) is 1. The molecule has 0 radical (unpaired) electrons. The van der Waals surface area contributed by atoms with E-state index < -0.39 is 0 Å². The molecule has 0 saturated heterocycles. The van der Waals surface area contributed by atoms with Gasteiger partial charge in [0.1, 0.15) is 12.4 Å². The zero-order valence-electron chi connectivity index (χ0n) is 16.4. The lowest BCUT2D eigenvalue weighted by molar-refractivity contribution is -0.111. The molecule has 0 aliphatic rings. The van der Waals surface area contributed by atoms with Gasteiger partial charge in [0, 0.05) is 22.7 Å². The molecule has 1 N–H and O–H groups in total. The minimum absolute atomic E-state index is 0.207. The average Bonchev–Trinajstić information content (AvgIpc) is 3.07. The van der Waals surface area contributed by atoms with Crippen LogP contribution in [0.15, 0.2) is 41.8 Å². The molecule has 0 aliphatic heterocycles. The normalized spacial score (nSPS) is 11.0. The molecule has 0 saturated carbocycles. The van der Waals surface area contributed by atoms with Gasteiger partial charge in [-0.25, -0.2) is 4.98 Å². The molecular formula is C22H23N3O2S. The minimum atomic E-state index is -0.207. The first kappa shape index (κ1) is 19.8. The van der Waals surface area contributed by atoms with Crippen molar-refractivity contribution >= 4 is 29.0 Å². The quantitative estimate of drug-likeness (QED) is 0.599. The number of para-hydroxylation sites is 1. The zero-order chi connectivity index (χ0) is 20.1. The molecule has 2 aromatic heterocycles. The van der Waals surface area contributed by atoms with Crippen molar-refractivity contribution in [1.82, 2.24) is 9.97 Å². The number of aromatic nitrogens is 2. The smallest absolute Gasteiger partial charge is 0.248 e. The molecule has 144 valence electrons. The van der Waals surface area contributed by atoms with Gasteiger partial charge in [-0.1, -0.05) is 18.2 Å². The number of thiazole rings is 1. The molecule has 0 bridgehead atoms. The Bertz CT molecular complexity index is 1000. The van der Waals surface area contributed by atoms with E-state index in [0.29, 0.717) is 12.4 Å². The van der Waals surface area contributed by atoms with E-state index in [4.69, 9.17) is 4.74 Å². The highest BCUT2D eigenvalue weighted by molar-refractivity contribution is 7.09. The fourth-order valence-electron chi connectivity index (χ4n) is 2.92. The maximum Gasteiger partial charge on any atom is 0.248 e. The van der Waals surface area contributed by atoms with E-state index in [9.17, 15) is 4.79 Å². The molecular weight excluding hydrogens is 370 g/mol. The van der Waals surface area contributed by atoms with E-state index in [2.05, 4.69) is 15.3 Å². The summed E-state index contributed by atoms with van der Waals surface area (Å²) in [6.07, 6.45) is 3.26. The van der Waals surface area contributed by atoms with E-state index >= 15 is 0 Å². The van der Waals surface area contributed by atoms with Crippen molar-refractivity contribution in [1.29, 1.82) is 0 Å². The molecule has 1 aromatic carbocycles. The molecule has 3 aromatic rings. The van der Waals surface area contributed by atoms with Gasteiger partial charge in [0.2, 0.25) is 5.91 Å². The Morgan fingerprint density at radius 1 is 1.18 bits per heavy atom. The molecule has 2 heterocycles. The molecule has 0 fully saturated rings. The van der Waals surface area contributed by atoms with Crippen LogP contribution in [-0.2, 0) is 11.4 Å². The summed E-state index contributed by atoms with van der Waals surface area (Å²) in [4.78, 5) is 21.2. The Morgan fingerprint density at radius 2 is 1.96 bits per heavy atom. The lowest BCUT2D eigenvalue weighted by Gasteiger charge is -2.11. The van der Waals surface area contributed by atoms with E-state index in [0.717, 1.165) is 38.9 Å². The van der Waals surface area contributed by atoms with Crippen molar-refractivity contribution in [2.45, 2.75) is 34.3 Å². The van der Waals surface area contributed by atoms with Crippen LogP contribution in [0.4, 0.5) is 5.69 Å². The number of carbonyl (C=O) groups excluding carboxylic acids is 1. The Balaban J connectivity index is 1.69. The standard InChI is InChI=1S/C22H23N3O2S/c1-14-11-15(2)23-16(3)22(14)25-21(26)10-9-18-7-5-6-8-20(18)27-12-19-13-28-17(4)24-19/h5-11,13H,12H2,1-4H3,(H,25,26)/b10-9+. The number of pyridine rings is 1. The number of benzene rings is 1. The molecule has 1 amide bonds. The first-order valence-electron chi connectivity index (χ1n) is 8.99. The highest BCUT2D eigenvalue weighted by Gasteiger charge is 2.08. The molecule has 0 atom stereocenters. The predicted octanol–water partition coefficient (Wildman–Crippen LogP) is 5.00. The molecule has 0 unspecified atom stereocenters. The second kappa shape index (κ2) is 8.80. The van der Waals surface area contributed by atoms with Crippen LogP contribution in [0, 0.1) is 27.7 Å². The summed E-state index contributed by atoms with van der Waals surface area (Å²) in [6, 6.07) is 9.57. The maximum absolute atomic E-state index is 12.4. The van der Waals surface area contributed by atoms with Gasteiger partial charge in [0.05, 0.1) is 22.1 Å².